The minimum absolute atomic E-state index is 0.142. The molecule has 0 aliphatic heterocycles. The number of nitrogens with one attached hydrogen (secondary N) is 1. The molecule has 0 bridgehead atoms. The van der Waals surface area contributed by atoms with Crippen molar-refractivity contribution in [3.8, 4) is 11.4 Å². The summed E-state index contributed by atoms with van der Waals surface area (Å²) in [4.78, 5) is 16.1. The number of carbonyl (C=O) groups excluding carboxylic acids is 1. The van der Waals surface area contributed by atoms with Crippen molar-refractivity contribution < 1.29 is 9.53 Å². The number of aryl methyl sites for hydroxylation is 1. The Morgan fingerprint density at radius 2 is 2.11 bits per heavy atom. The van der Waals surface area contributed by atoms with Crippen molar-refractivity contribution in [2.75, 3.05) is 0 Å². The highest BCUT2D eigenvalue weighted by Gasteiger charge is 2.25. The van der Waals surface area contributed by atoms with Crippen LogP contribution >= 0.6 is 0 Å². The van der Waals surface area contributed by atoms with E-state index in [2.05, 4.69) is 20.4 Å². The molecule has 0 spiro atoms. The second-order valence-corrected chi connectivity index (χ2v) is 4.95. The number of nitrogens with zero attached hydrogens (tertiary/aromatic N) is 4. The first kappa shape index (κ1) is 12.3. The molecule has 0 atom stereocenters. The maximum atomic E-state index is 11.9. The largest absolute Gasteiger partial charge is 0.455 e. The molecule has 0 saturated heterocycles. The fourth-order valence-corrected chi connectivity index (χ4v) is 1.41. The quantitative estimate of drug-likeness (QED) is 0.807. The summed E-state index contributed by atoms with van der Waals surface area (Å²) in [5.74, 6) is -0.517. The van der Waals surface area contributed by atoms with Crippen LogP contribution in [0, 0.1) is 0 Å². The fourth-order valence-electron chi connectivity index (χ4n) is 1.41. The van der Waals surface area contributed by atoms with Gasteiger partial charge < -0.3 is 9.30 Å². The highest BCUT2D eigenvalue weighted by molar-refractivity contribution is 5.93. The lowest BCUT2D eigenvalue weighted by Gasteiger charge is -2.18. The van der Waals surface area contributed by atoms with E-state index in [0.29, 0.717) is 11.4 Å². The number of hydrogen-bond acceptors (Lipinski definition) is 5. The number of ether oxygens (including phenoxy) is 1. The lowest BCUT2D eigenvalue weighted by atomic mass is 10.2. The molecule has 18 heavy (non-hydrogen) atoms. The van der Waals surface area contributed by atoms with Gasteiger partial charge in [0, 0.05) is 13.2 Å². The monoisotopic (exact) mass is 249 g/mol. The summed E-state index contributed by atoms with van der Waals surface area (Å²) in [5, 5.41) is 10.2. The van der Waals surface area contributed by atoms with Gasteiger partial charge in [0.25, 0.3) is 0 Å². The van der Waals surface area contributed by atoms with E-state index in [9.17, 15) is 4.79 Å². The van der Waals surface area contributed by atoms with E-state index in [1.54, 1.807) is 37.9 Å². The predicted octanol–water partition coefficient (Wildman–Crippen LogP) is 1.16. The first-order valence-corrected chi connectivity index (χ1v) is 5.49. The van der Waals surface area contributed by atoms with Crippen molar-refractivity contribution in [1.29, 1.82) is 0 Å². The van der Waals surface area contributed by atoms with Crippen LogP contribution in [-0.2, 0) is 11.8 Å². The summed E-state index contributed by atoms with van der Waals surface area (Å²) in [7, 11) is 1.84. The second-order valence-electron chi connectivity index (χ2n) is 4.95. The van der Waals surface area contributed by atoms with E-state index in [1.165, 1.54) is 0 Å². The lowest BCUT2D eigenvalue weighted by molar-refractivity contribution is 0.00637. The van der Waals surface area contributed by atoms with Gasteiger partial charge in [-0.15, -0.1) is 5.10 Å². The molecule has 0 radical (unpaired) electrons. The van der Waals surface area contributed by atoms with Crippen LogP contribution in [0.3, 0.4) is 0 Å². The minimum Gasteiger partial charge on any atom is -0.455 e. The molecule has 2 aromatic rings. The third kappa shape index (κ3) is 2.55. The summed E-state index contributed by atoms with van der Waals surface area (Å²) >= 11 is 0. The Bertz CT molecular complexity index is 564. The van der Waals surface area contributed by atoms with Gasteiger partial charge in [0.1, 0.15) is 17.0 Å². The minimum atomic E-state index is -0.572. The van der Waals surface area contributed by atoms with Crippen LogP contribution in [0.25, 0.3) is 11.4 Å². The van der Waals surface area contributed by atoms with E-state index >= 15 is 0 Å². The highest BCUT2D eigenvalue weighted by Crippen LogP contribution is 2.19. The van der Waals surface area contributed by atoms with E-state index < -0.39 is 11.6 Å². The molecule has 2 rings (SSSR count). The highest BCUT2D eigenvalue weighted by atomic mass is 16.6. The lowest BCUT2D eigenvalue weighted by Crippen LogP contribution is -2.24. The van der Waals surface area contributed by atoms with Gasteiger partial charge in [0.2, 0.25) is 0 Å². The summed E-state index contributed by atoms with van der Waals surface area (Å²) in [5.41, 5.74) is 0.540. The van der Waals surface area contributed by atoms with E-state index in [4.69, 9.17) is 4.74 Å². The number of carbonyl (C=O) groups is 1. The van der Waals surface area contributed by atoms with Crippen molar-refractivity contribution >= 4 is 5.97 Å². The van der Waals surface area contributed by atoms with E-state index in [0.717, 1.165) is 0 Å². The number of hydrogen-bond donors (Lipinski definition) is 1. The van der Waals surface area contributed by atoms with Crippen molar-refractivity contribution in [1.82, 2.24) is 25.0 Å². The van der Waals surface area contributed by atoms with Gasteiger partial charge in [-0.05, 0) is 20.8 Å². The van der Waals surface area contributed by atoms with Crippen LogP contribution in [-0.4, -0.2) is 36.5 Å². The fraction of sp³-hybridized carbons (Fsp3) is 0.455. The van der Waals surface area contributed by atoms with Crippen molar-refractivity contribution in [3.05, 3.63) is 18.2 Å². The molecule has 0 aliphatic carbocycles. The second kappa shape index (κ2) is 4.25. The number of aromatic amines is 1. The zero-order valence-corrected chi connectivity index (χ0v) is 10.8. The summed E-state index contributed by atoms with van der Waals surface area (Å²) in [6.07, 6.45) is 3.38. The summed E-state index contributed by atoms with van der Waals surface area (Å²) in [6.45, 7) is 5.39. The number of imidazole rings is 1. The zero-order chi connectivity index (χ0) is 13.3. The van der Waals surface area contributed by atoms with Crippen LogP contribution in [0.1, 0.15) is 31.3 Å². The topological polar surface area (TPSA) is 85.7 Å². The molecule has 1 N–H and O–H groups in total. The number of esters is 1. The Morgan fingerprint density at radius 3 is 2.67 bits per heavy atom. The van der Waals surface area contributed by atoms with Crippen molar-refractivity contribution in [2.24, 2.45) is 7.05 Å². The average Bonchev–Trinajstić information content (AvgIpc) is 2.81. The van der Waals surface area contributed by atoms with Crippen LogP contribution in [0.5, 0.6) is 0 Å². The maximum absolute atomic E-state index is 11.9. The Balaban J connectivity index is 2.31. The van der Waals surface area contributed by atoms with E-state index in [1.807, 2.05) is 7.05 Å². The van der Waals surface area contributed by atoms with Crippen molar-refractivity contribution in [2.45, 2.75) is 26.4 Å². The molecule has 2 aromatic heterocycles. The van der Waals surface area contributed by atoms with Gasteiger partial charge in [-0.3, -0.25) is 0 Å². The van der Waals surface area contributed by atoms with Crippen LogP contribution in [0.15, 0.2) is 12.5 Å². The van der Waals surface area contributed by atoms with Gasteiger partial charge in [-0.25, -0.2) is 9.78 Å². The molecular formula is C11H15N5O2. The average molecular weight is 249 g/mol. The third-order valence-corrected chi connectivity index (χ3v) is 2.09. The van der Waals surface area contributed by atoms with Crippen LogP contribution in [0.2, 0.25) is 0 Å². The smallest absolute Gasteiger partial charge is 0.361 e. The first-order chi connectivity index (χ1) is 8.37. The standard InChI is InChI=1S/C11H15N5O2/c1-11(2,3)18-10(17)9-8(13-15-14-9)7-5-16(4)6-12-7/h5-6H,1-4H3,(H,13,14,15). The first-order valence-electron chi connectivity index (χ1n) is 5.49. The molecule has 96 valence electrons. The number of rotatable bonds is 2. The Hall–Kier alpha value is -2.18. The zero-order valence-electron chi connectivity index (χ0n) is 10.8. The maximum Gasteiger partial charge on any atom is 0.361 e. The molecule has 0 fully saturated rings. The Morgan fingerprint density at radius 1 is 1.39 bits per heavy atom. The molecule has 0 aromatic carbocycles. The number of aromatic nitrogens is 5. The molecule has 7 heteroatoms. The summed E-state index contributed by atoms with van der Waals surface area (Å²) in [6, 6.07) is 0. The number of H-pyrrole nitrogens is 1. The predicted molar refractivity (Wildman–Crippen MR) is 63.8 cm³/mol. The van der Waals surface area contributed by atoms with E-state index in [-0.39, 0.29) is 5.69 Å². The normalized spacial score (nSPS) is 11.6. The Labute approximate surface area is 104 Å². The van der Waals surface area contributed by atoms with Crippen LogP contribution in [0.4, 0.5) is 0 Å². The van der Waals surface area contributed by atoms with Crippen molar-refractivity contribution in [3.63, 3.8) is 0 Å². The summed E-state index contributed by atoms with van der Waals surface area (Å²) < 4.78 is 7.02. The van der Waals surface area contributed by atoms with Gasteiger partial charge in [-0.1, -0.05) is 0 Å². The molecule has 0 aliphatic rings. The van der Waals surface area contributed by atoms with Gasteiger partial charge in [-0.2, -0.15) is 10.3 Å². The molecule has 2 heterocycles. The van der Waals surface area contributed by atoms with Gasteiger partial charge in [0.05, 0.1) is 6.33 Å². The third-order valence-electron chi connectivity index (χ3n) is 2.09. The molecule has 0 amide bonds. The van der Waals surface area contributed by atoms with Gasteiger partial charge >= 0.3 is 5.97 Å². The van der Waals surface area contributed by atoms with Gasteiger partial charge in [0.15, 0.2) is 5.69 Å². The molecule has 7 nitrogen and oxygen atoms in total. The molecule has 0 saturated carbocycles. The van der Waals surface area contributed by atoms with Crippen LogP contribution < -0.4 is 0 Å². The Kier molecular flexibility index (Phi) is 2.90. The molecular weight excluding hydrogens is 234 g/mol. The SMILES string of the molecule is Cn1cnc(-c2n[nH]nc2C(=O)OC(C)(C)C)c1. The molecule has 0 unspecified atom stereocenters.